The van der Waals surface area contributed by atoms with E-state index in [-0.39, 0.29) is 0 Å². The third-order valence-corrected chi connectivity index (χ3v) is 2.23. The quantitative estimate of drug-likeness (QED) is 0.704. The highest BCUT2D eigenvalue weighted by Gasteiger charge is 2.16. The minimum Gasteiger partial charge on any atom is -0.255 e. The Morgan fingerprint density at radius 1 is 1.50 bits per heavy atom. The van der Waals surface area contributed by atoms with Gasteiger partial charge in [-0.2, -0.15) is 9.78 Å². The summed E-state index contributed by atoms with van der Waals surface area (Å²) in [6, 6.07) is 0. The standard InChI is InChI=1S/C6H7ClN6O/c1-3-4(5(7)12(2)9-3)13-6(14)8-10-11-13/h1-2H3,(H,8,11,14). The molecule has 14 heavy (non-hydrogen) atoms. The fourth-order valence-electron chi connectivity index (χ4n) is 1.20. The first-order valence-electron chi connectivity index (χ1n) is 3.81. The lowest BCUT2D eigenvalue weighted by Crippen LogP contribution is -2.16. The maximum atomic E-state index is 11.2. The molecule has 0 aromatic carbocycles. The van der Waals surface area contributed by atoms with Gasteiger partial charge in [0.1, 0.15) is 5.69 Å². The number of hydrogen-bond donors (Lipinski definition) is 1. The van der Waals surface area contributed by atoms with Gasteiger partial charge >= 0.3 is 5.69 Å². The van der Waals surface area contributed by atoms with Crippen molar-refractivity contribution in [2.24, 2.45) is 7.05 Å². The summed E-state index contributed by atoms with van der Waals surface area (Å²) >= 11 is 5.94. The van der Waals surface area contributed by atoms with Gasteiger partial charge in [-0.1, -0.05) is 11.6 Å². The molecule has 7 nitrogen and oxygen atoms in total. The van der Waals surface area contributed by atoms with Gasteiger partial charge in [0.2, 0.25) is 0 Å². The Balaban J connectivity index is 2.74. The number of aryl methyl sites for hydroxylation is 2. The zero-order chi connectivity index (χ0) is 10.3. The normalized spacial score (nSPS) is 10.8. The van der Waals surface area contributed by atoms with Crippen molar-refractivity contribution in [3.05, 3.63) is 21.3 Å². The predicted molar refractivity (Wildman–Crippen MR) is 48.5 cm³/mol. The third kappa shape index (κ3) is 1.13. The number of rotatable bonds is 1. The van der Waals surface area contributed by atoms with Crippen LogP contribution in [0.1, 0.15) is 5.69 Å². The van der Waals surface area contributed by atoms with Gasteiger partial charge in [-0.15, -0.1) is 0 Å². The number of H-pyrrole nitrogens is 1. The van der Waals surface area contributed by atoms with Crippen LogP contribution < -0.4 is 5.69 Å². The molecule has 2 heterocycles. The zero-order valence-electron chi connectivity index (χ0n) is 7.52. The number of nitrogens with one attached hydrogen (secondary N) is 1. The van der Waals surface area contributed by atoms with Crippen LogP contribution in [0.15, 0.2) is 4.79 Å². The lowest BCUT2D eigenvalue weighted by Gasteiger charge is -1.95. The first kappa shape index (κ1) is 8.95. The number of hydrogen-bond acceptors (Lipinski definition) is 4. The third-order valence-electron chi connectivity index (χ3n) is 1.81. The Morgan fingerprint density at radius 2 is 2.21 bits per heavy atom. The Hall–Kier alpha value is -1.63. The van der Waals surface area contributed by atoms with Gasteiger partial charge in [0.05, 0.1) is 5.69 Å². The number of tetrazole rings is 1. The van der Waals surface area contributed by atoms with Crippen LogP contribution in [0.3, 0.4) is 0 Å². The minimum absolute atomic E-state index is 0.346. The van der Waals surface area contributed by atoms with Crippen LogP contribution in [-0.2, 0) is 7.05 Å². The lowest BCUT2D eigenvalue weighted by molar-refractivity contribution is 0.756. The van der Waals surface area contributed by atoms with Crippen molar-refractivity contribution in [3.8, 4) is 5.69 Å². The Kier molecular flexibility index (Phi) is 1.88. The molecule has 0 atom stereocenters. The Labute approximate surface area is 83.3 Å². The SMILES string of the molecule is Cc1nn(C)c(Cl)c1-n1nn[nH]c1=O. The molecule has 0 spiro atoms. The van der Waals surface area contributed by atoms with Gasteiger partial charge in [-0.05, 0) is 17.4 Å². The summed E-state index contributed by atoms with van der Waals surface area (Å²) in [5.41, 5.74) is 0.629. The highest BCUT2D eigenvalue weighted by atomic mass is 35.5. The number of aromatic nitrogens is 6. The summed E-state index contributed by atoms with van der Waals surface area (Å²) in [4.78, 5) is 11.2. The van der Waals surface area contributed by atoms with Crippen molar-refractivity contribution in [2.45, 2.75) is 6.92 Å². The van der Waals surface area contributed by atoms with Crippen LogP contribution in [0.4, 0.5) is 0 Å². The number of halogens is 1. The summed E-state index contributed by atoms with van der Waals surface area (Å²) in [7, 11) is 1.68. The second-order valence-electron chi connectivity index (χ2n) is 2.77. The molecule has 0 amide bonds. The van der Waals surface area contributed by atoms with Gasteiger partial charge in [0.15, 0.2) is 5.15 Å². The smallest absolute Gasteiger partial charge is 0.255 e. The second kappa shape index (κ2) is 2.95. The van der Waals surface area contributed by atoms with Crippen LogP contribution in [-0.4, -0.2) is 30.0 Å². The van der Waals surface area contributed by atoms with Crippen LogP contribution >= 0.6 is 11.6 Å². The first-order chi connectivity index (χ1) is 6.61. The van der Waals surface area contributed by atoms with Crippen molar-refractivity contribution in [1.82, 2.24) is 30.0 Å². The molecule has 0 aliphatic carbocycles. The van der Waals surface area contributed by atoms with E-state index < -0.39 is 5.69 Å². The van der Waals surface area contributed by atoms with Gasteiger partial charge in [-0.3, -0.25) is 4.68 Å². The monoisotopic (exact) mass is 214 g/mol. The van der Waals surface area contributed by atoms with Crippen LogP contribution in [0.25, 0.3) is 5.69 Å². The molecule has 0 fully saturated rings. The largest absolute Gasteiger partial charge is 0.366 e. The summed E-state index contributed by atoms with van der Waals surface area (Å²) in [5.74, 6) is 0. The van der Waals surface area contributed by atoms with E-state index in [0.717, 1.165) is 4.68 Å². The van der Waals surface area contributed by atoms with E-state index in [9.17, 15) is 4.79 Å². The molecular weight excluding hydrogens is 208 g/mol. The van der Waals surface area contributed by atoms with Crippen LogP contribution in [0.5, 0.6) is 0 Å². The van der Waals surface area contributed by atoms with Gasteiger partial charge in [0, 0.05) is 7.05 Å². The van der Waals surface area contributed by atoms with E-state index in [4.69, 9.17) is 11.6 Å². The maximum absolute atomic E-state index is 11.2. The van der Waals surface area contributed by atoms with Crippen molar-refractivity contribution >= 4 is 11.6 Å². The van der Waals surface area contributed by atoms with E-state index >= 15 is 0 Å². The van der Waals surface area contributed by atoms with Gasteiger partial charge < -0.3 is 0 Å². The zero-order valence-corrected chi connectivity index (χ0v) is 8.28. The molecule has 2 aromatic rings. The molecule has 2 rings (SSSR count). The fraction of sp³-hybridized carbons (Fsp3) is 0.333. The average molecular weight is 215 g/mol. The van der Waals surface area contributed by atoms with E-state index in [1.54, 1.807) is 14.0 Å². The minimum atomic E-state index is -0.442. The molecule has 0 bridgehead atoms. The molecule has 1 N–H and O–H groups in total. The van der Waals surface area contributed by atoms with Gasteiger partial charge in [-0.25, -0.2) is 9.89 Å². The van der Waals surface area contributed by atoms with Crippen molar-refractivity contribution in [3.63, 3.8) is 0 Å². The summed E-state index contributed by atoms with van der Waals surface area (Å²) in [5, 5.41) is 13.5. The van der Waals surface area contributed by atoms with Crippen molar-refractivity contribution in [1.29, 1.82) is 0 Å². The topological polar surface area (TPSA) is 81.4 Å². The summed E-state index contributed by atoms with van der Waals surface area (Å²) in [6.45, 7) is 1.74. The molecule has 0 saturated carbocycles. The van der Waals surface area contributed by atoms with Crippen molar-refractivity contribution in [2.75, 3.05) is 0 Å². The molecular formula is C6H7ClN6O. The number of nitrogens with zero attached hydrogens (tertiary/aromatic N) is 5. The van der Waals surface area contributed by atoms with Crippen molar-refractivity contribution < 1.29 is 0 Å². The fourth-order valence-corrected chi connectivity index (χ4v) is 1.46. The predicted octanol–water partition coefficient (Wildman–Crippen LogP) is -0.349. The molecule has 8 heteroatoms. The second-order valence-corrected chi connectivity index (χ2v) is 3.12. The Morgan fingerprint density at radius 3 is 2.64 bits per heavy atom. The molecule has 74 valence electrons. The molecule has 0 saturated heterocycles. The van der Waals surface area contributed by atoms with E-state index in [0.29, 0.717) is 16.5 Å². The highest BCUT2D eigenvalue weighted by Crippen LogP contribution is 2.20. The highest BCUT2D eigenvalue weighted by molar-refractivity contribution is 6.31. The van der Waals surface area contributed by atoms with E-state index in [1.807, 2.05) is 0 Å². The van der Waals surface area contributed by atoms with Crippen LogP contribution in [0.2, 0.25) is 5.15 Å². The lowest BCUT2D eigenvalue weighted by atomic mass is 10.4. The molecule has 2 aromatic heterocycles. The first-order valence-corrected chi connectivity index (χ1v) is 4.19. The maximum Gasteiger partial charge on any atom is 0.366 e. The molecule has 0 aliphatic heterocycles. The van der Waals surface area contributed by atoms with E-state index in [2.05, 4.69) is 20.6 Å². The molecule has 0 unspecified atom stereocenters. The van der Waals surface area contributed by atoms with E-state index in [1.165, 1.54) is 4.68 Å². The van der Waals surface area contributed by atoms with Crippen LogP contribution in [0, 0.1) is 6.92 Å². The summed E-state index contributed by atoms with van der Waals surface area (Å²) in [6.07, 6.45) is 0. The molecule has 0 radical (unpaired) electrons. The Bertz CT molecular complexity index is 523. The van der Waals surface area contributed by atoms with Gasteiger partial charge in [0.25, 0.3) is 0 Å². The number of aromatic amines is 1. The average Bonchev–Trinajstić information content (AvgIpc) is 2.60. The summed E-state index contributed by atoms with van der Waals surface area (Å²) < 4.78 is 2.54. The molecule has 0 aliphatic rings.